The minimum atomic E-state index is -1.83. The summed E-state index contributed by atoms with van der Waals surface area (Å²) in [6.45, 7) is 14.9. The predicted octanol–water partition coefficient (Wildman–Crippen LogP) is 5.86. The number of nitrogens with one attached hydrogen (secondary N) is 1. The molecule has 1 N–H and O–H groups in total. The van der Waals surface area contributed by atoms with Crippen molar-refractivity contribution in [2.45, 2.75) is 71.4 Å². The standard InChI is InChI=1S/C19H34Cl2N2O2Si/c1-7-24-19(5,6)14-23-13-17(25-26(8-2,9-3)10-4)18-15(20)11-22-12-16(18)21/h11-12,17,23H,7-10,13-14H2,1-6H3. The molecule has 150 valence electrons. The topological polar surface area (TPSA) is 43.4 Å². The first-order valence-electron chi connectivity index (χ1n) is 9.55. The van der Waals surface area contributed by atoms with Crippen LogP contribution in [0.25, 0.3) is 0 Å². The number of ether oxygens (including phenoxy) is 1. The Kier molecular flexibility index (Phi) is 10.1. The van der Waals surface area contributed by atoms with Crippen LogP contribution in [-0.4, -0.2) is 38.6 Å². The van der Waals surface area contributed by atoms with Gasteiger partial charge in [0.05, 0.1) is 21.8 Å². The van der Waals surface area contributed by atoms with E-state index in [-0.39, 0.29) is 11.7 Å². The zero-order valence-corrected chi connectivity index (χ0v) is 19.5. The molecule has 26 heavy (non-hydrogen) atoms. The number of nitrogens with zero attached hydrogens (tertiary/aromatic N) is 1. The van der Waals surface area contributed by atoms with Gasteiger partial charge in [0.2, 0.25) is 0 Å². The molecule has 0 bridgehead atoms. The lowest BCUT2D eigenvalue weighted by atomic mass is 10.1. The zero-order valence-electron chi connectivity index (χ0n) is 17.0. The summed E-state index contributed by atoms with van der Waals surface area (Å²) < 4.78 is 12.5. The zero-order chi connectivity index (χ0) is 19.8. The summed E-state index contributed by atoms with van der Waals surface area (Å²) in [5.41, 5.74) is 0.595. The average Bonchev–Trinajstić information content (AvgIpc) is 2.59. The fourth-order valence-corrected chi connectivity index (χ4v) is 6.59. The predicted molar refractivity (Wildman–Crippen MR) is 114 cm³/mol. The van der Waals surface area contributed by atoms with Crippen molar-refractivity contribution in [3.63, 3.8) is 0 Å². The fourth-order valence-electron chi connectivity index (χ4n) is 3.18. The molecule has 1 rings (SSSR count). The molecule has 1 unspecified atom stereocenters. The number of hydrogen-bond acceptors (Lipinski definition) is 4. The van der Waals surface area contributed by atoms with Gasteiger partial charge in [-0.05, 0) is 38.9 Å². The van der Waals surface area contributed by atoms with Gasteiger partial charge in [-0.25, -0.2) is 0 Å². The lowest BCUT2D eigenvalue weighted by Crippen LogP contribution is -2.43. The molecule has 0 amide bonds. The van der Waals surface area contributed by atoms with Crippen LogP contribution in [0.4, 0.5) is 0 Å². The highest BCUT2D eigenvalue weighted by Crippen LogP contribution is 2.36. The van der Waals surface area contributed by atoms with Crippen molar-refractivity contribution < 1.29 is 9.16 Å². The van der Waals surface area contributed by atoms with E-state index >= 15 is 0 Å². The minimum absolute atomic E-state index is 0.193. The molecule has 0 aliphatic rings. The molecular formula is C19H34Cl2N2O2Si. The molecule has 0 aliphatic heterocycles. The van der Waals surface area contributed by atoms with Crippen LogP contribution < -0.4 is 5.32 Å². The van der Waals surface area contributed by atoms with Gasteiger partial charge >= 0.3 is 0 Å². The molecule has 4 nitrogen and oxygen atoms in total. The third-order valence-electron chi connectivity index (χ3n) is 4.95. The molecule has 0 saturated carbocycles. The molecule has 0 spiro atoms. The van der Waals surface area contributed by atoms with Crippen LogP contribution in [0, 0.1) is 0 Å². The summed E-state index contributed by atoms with van der Waals surface area (Å²) in [6.07, 6.45) is 3.08. The van der Waals surface area contributed by atoms with E-state index < -0.39 is 8.32 Å². The first-order chi connectivity index (χ1) is 12.2. The smallest absolute Gasteiger partial charge is 0.192 e. The Morgan fingerprint density at radius 3 is 2.08 bits per heavy atom. The highest BCUT2D eigenvalue weighted by atomic mass is 35.5. The Hall–Kier alpha value is -0.173. The number of pyridine rings is 1. The SMILES string of the molecule is CCOC(C)(C)CNCC(O[Si](CC)(CC)CC)c1c(Cl)cncc1Cl. The van der Waals surface area contributed by atoms with E-state index in [1.807, 2.05) is 6.92 Å². The third kappa shape index (κ3) is 6.77. The van der Waals surface area contributed by atoms with E-state index in [1.165, 1.54) is 0 Å². The van der Waals surface area contributed by atoms with Crippen LogP contribution >= 0.6 is 23.2 Å². The van der Waals surface area contributed by atoms with E-state index in [4.69, 9.17) is 32.4 Å². The molecule has 1 atom stereocenters. The number of aromatic nitrogens is 1. The van der Waals surface area contributed by atoms with Crippen LogP contribution in [0.5, 0.6) is 0 Å². The monoisotopic (exact) mass is 420 g/mol. The van der Waals surface area contributed by atoms with Gasteiger partial charge < -0.3 is 14.5 Å². The molecule has 0 aromatic carbocycles. The van der Waals surface area contributed by atoms with Crippen molar-refractivity contribution in [1.29, 1.82) is 0 Å². The Labute approximate surface area is 170 Å². The average molecular weight is 421 g/mol. The van der Waals surface area contributed by atoms with Gasteiger partial charge in [0, 0.05) is 37.7 Å². The highest BCUT2D eigenvalue weighted by molar-refractivity contribution is 6.73. The third-order valence-corrected chi connectivity index (χ3v) is 10.2. The molecule has 0 radical (unpaired) electrons. The van der Waals surface area contributed by atoms with Gasteiger partial charge in [-0.3, -0.25) is 4.98 Å². The van der Waals surface area contributed by atoms with Gasteiger partial charge in [-0.2, -0.15) is 0 Å². The van der Waals surface area contributed by atoms with Crippen LogP contribution in [0.2, 0.25) is 28.2 Å². The summed E-state index contributed by atoms with van der Waals surface area (Å²) in [5.74, 6) is 0. The Morgan fingerprint density at radius 1 is 1.08 bits per heavy atom. The van der Waals surface area contributed by atoms with E-state index in [0.29, 0.717) is 23.2 Å². The van der Waals surface area contributed by atoms with Gasteiger partial charge in [-0.15, -0.1) is 0 Å². The fraction of sp³-hybridized carbons (Fsp3) is 0.737. The van der Waals surface area contributed by atoms with Gasteiger partial charge in [0.25, 0.3) is 0 Å². The molecule has 1 heterocycles. The molecular weight excluding hydrogens is 387 g/mol. The highest BCUT2D eigenvalue weighted by Gasteiger charge is 2.34. The van der Waals surface area contributed by atoms with Crippen LogP contribution in [0.3, 0.4) is 0 Å². The number of hydrogen-bond donors (Lipinski definition) is 1. The van der Waals surface area contributed by atoms with Crippen LogP contribution in [0.15, 0.2) is 12.4 Å². The first kappa shape index (κ1) is 23.9. The molecule has 0 saturated heterocycles. The molecule has 1 aromatic heterocycles. The van der Waals surface area contributed by atoms with Crippen molar-refractivity contribution in [3.05, 3.63) is 28.0 Å². The van der Waals surface area contributed by atoms with Crippen molar-refractivity contribution in [3.8, 4) is 0 Å². The van der Waals surface area contributed by atoms with Gasteiger partial charge in [-0.1, -0.05) is 44.0 Å². The normalized spacial score (nSPS) is 13.8. The van der Waals surface area contributed by atoms with Crippen molar-refractivity contribution >= 4 is 31.5 Å². The van der Waals surface area contributed by atoms with E-state index in [9.17, 15) is 0 Å². The van der Waals surface area contributed by atoms with Crippen LogP contribution in [-0.2, 0) is 9.16 Å². The summed E-state index contributed by atoms with van der Waals surface area (Å²) >= 11 is 12.9. The van der Waals surface area contributed by atoms with Gasteiger partial charge in [0.15, 0.2) is 8.32 Å². The lowest BCUT2D eigenvalue weighted by Gasteiger charge is -2.35. The summed E-state index contributed by atoms with van der Waals surface area (Å²) in [6, 6.07) is 3.21. The van der Waals surface area contributed by atoms with Crippen molar-refractivity contribution in [2.24, 2.45) is 0 Å². The van der Waals surface area contributed by atoms with Crippen molar-refractivity contribution in [1.82, 2.24) is 10.3 Å². The quantitative estimate of drug-likeness (QED) is 0.430. The second-order valence-corrected chi connectivity index (χ2v) is 12.7. The minimum Gasteiger partial charge on any atom is -0.409 e. The summed E-state index contributed by atoms with van der Waals surface area (Å²) in [7, 11) is -1.83. The summed E-state index contributed by atoms with van der Waals surface area (Å²) in [4.78, 5) is 4.08. The van der Waals surface area contributed by atoms with E-state index in [0.717, 1.165) is 30.2 Å². The maximum Gasteiger partial charge on any atom is 0.192 e. The second-order valence-electron chi connectivity index (χ2n) is 7.19. The Morgan fingerprint density at radius 2 is 1.62 bits per heavy atom. The Balaban J connectivity index is 3.03. The van der Waals surface area contributed by atoms with Crippen LogP contribution in [0.1, 0.15) is 53.2 Å². The second kappa shape index (κ2) is 11.0. The molecule has 7 heteroatoms. The number of halogens is 2. The van der Waals surface area contributed by atoms with E-state index in [1.54, 1.807) is 12.4 Å². The molecule has 0 aliphatic carbocycles. The largest absolute Gasteiger partial charge is 0.409 e. The molecule has 0 fully saturated rings. The maximum atomic E-state index is 6.75. The van der Waals surface area contributed by atoms with Gasteiger partial charge in [0.1, 0.15) is 0 Å². The first-order valence-corrected chi connectivity index (χ1v) is 12.8. The number of rotatable bonds is 12. The molecule has 1 aromatic rings. The maximum absolute atomic E-state index is 6.75. The Bertz CT molecular complexity index is 526. The summed E-state index contributed by atoms with van der Waals surface area (Å²) in [5, 5.41) is 4.60. The lowest BCUT2D eigenvalue weighted by molar-refractivity contribution is -0.0102. The van der Waals surface area contributed by atoms with Crippen molar-refractivity contribution in [2.75, 3.05) is 19.7 Å². The van der Waals surface area contributed by atoms with E-state index in [2.05, 4.69) is 44.9 Å².